The minimum Gasteiger partial charge on any atom is -0.478 e. The van der Waals surface area contributed by atoms with E-state index >= 15 is 0 Å². The normalized spacial score (nSPS) is 15.8. The number of thioether (sulfide) groups is 1. The molecule has 2 aromatic rings. The molecule has 2 amide bonds. The summed E-state index contributed by atoms with van der Waals surface area (Å²) in [5.41, 5.74) is 1.47. The molecule has 5 nitrogen and oxygen atoms in total. The van der Waals surface area contributed by atoms with Gasteiger partial charge < -0.3 is 5.11 Å². The Labute approximate surface area is 163 Å². The van der Waals surface area contributed by atoms with Crippen LogP contribution >= 0.6 is 35.0 Å². The topological polar surface area (TPSA) is 74.7 Å². The molecule has 26 heavy (non-hydrogen) atoms. The van der Waals surface area contributed by atoms with Gasteiger partial charge >= 0.3 is 5.97 Å². The lowest BCUT2D eigenvalue weighted by atomic mass is 10.1. The Morgan fingerprint density at radius 1 is 1.08 bits per heavy atom. The van der Waals surface area contributed by atoms with Crippen LogP contribution < -0.4 is 0 Å². The third-order valence-electron chi connectivity index (χ3n) is 3.65. The van der Waals surface area contributed by atoms with Crippen LogP contribution in [0.3, 0.4) is 0 Å². The number of hydrogen-bond donors (Lipinski definition) is 1. The Hall–Kier alpha value is -2.28. The van der Waals surface area contributed by atoms with Gasteiger partial charge in [0.25, 0.3) is 11.1 Å². The third kappa shape index (κ3) is 3.93. The standard InChI is InChI=1S/C18H11Cl2NO4S/c19-13-6-3-11(7-14(13)20)9-21-16(22)15(26-18(21)25)8-10-1-4-12(5-2-10)17(23)24/h1-8H,9H2,(H,23,24)/b15-8+. The molecule has 3 rings (SSSR count). The maximum Gasteiger partial charge on any atom is 0.335 e. The van der Waals surface area contributed by atoms with Crippen molar-refractivity contribution in [3.05, 3.63) is 74.1 Å². The van der Waals surface area contributed by atoms with Gasteiger partial charge in [0.05, 0.1) is 27.1 Å². The highest BCUT2D eigenvalue weighted by atomic mass is 35.5. The molecule has 1 heterocycles. The highest BCUT2D eigenvalue weighted by Gasteiger charge is 2.35. The van der Waals surface area contributed by atoms with Gasteiger partial charge in [0, 0.05) is 0 Å². The Morgan fingerprint density at radius 2 is 1.77 bits per heavy atom. The van der Waals surface area contributed by atoms with Crippen molar-refractivity contribution in [1.29, 1.82) is 0 Å². The van der Waals surface area contributed by atoms with E-state index < -0.39 is 11.9 Å². The van der Waals surface area contributed by atoms with Crippen molar-refractivity contribution >= 4 is 58.2 Å². The van der Waals surface area contributed by atoms with Crippen LogP contribution in [0.2, 0.25) is 10.0 Å². The van der Waals surface area contributed by atoms with Gasteiger partial charge in [0.2, 0.25) is 0 Å². The van der Waals surface area contributed by atoms with Gasteiger partial charge in [-0.1, -0.05) is 41.4 Å². The molecule has 0 aliphatic carbocycles. The molecule has 0 aromatic heterocycles. The largest absolute Gasteiger partial charge is 0.478 e. The monoisotopic (exact) mass is 407 g/mol. The second kappa shape index (κ2) is 7.53. The summed E-state index contributed by atoms with van der Waals surface area (Å²) in [7, 11) is 0. The summed E-state index contributed by atoms with van der Waals surface area (Å²) < 4.78 is 0. The van der Waals surface area contributed by atoms with Gasteiger partial charge in [0.1, 0.15) is 0 Å². The summed E-state index contributed by atoms with van der Waals surface area (Å²) in [6.45, 7) is 0.0941. The maximum atomic E-state index is 12.5. The molecule has 1 N–H and O–H groups in total. The van der Waals surface area contributed by atoms with E-state index in [0.29, 0.717) is 21.2 Å². The molecule has 0 radical (unpaired) electrons. The number of amides is 2. The number of carbonyl (C=O) groups excluding carboxylic acids is 2. The average molecular weight is 408 g/mol. The van der Waals surface area contributed by atoms with Gasteiger partial charge in [-0.15, -0.1) is 0 Å². The zero-order valence-electron chi connectivity index (χ0n) is 13.1. The first-order valence-corrected chi connectivity index (χ1v) is 8.95. The number of imide groups is 1. The molecule has 132 valence electrons. The molecule has 1 aliphatic heterocycles. The summed E-state index contributed by atoms with van der Waals surface area (Å²) in [4.78, 5) is 37.0. The predicted octanol–water partition coefficient (Wildman–Crippen LogP) is 4.93. The Balaban J connectivity index is 1.79. The van der Waals surface area contributed by atoms with E-state index in [1.54, 1.807) is 36.4 Å². The van der Waals surface area contributed by atoms with Crippen LogP contribution in [0.4, 0.5) is 4.79 Å². The van der Waals surface area contributed by atoms with E-state index in [2.05, 4.69) is 0 Å². The Morgan fingerprint density at radius 3 is 2.38 bits per heavy atom. The van der Waals surface area contributed by atoms with Crippen molar-refractivity contribution in [1.82, 2.24) is 4.90 Å². The van der Waals surface area contributed by atoms with E-state index in [-0.39, 0.29) is 22.3 Å². The lowest BCUT2D eigenvalue weighted by Crippen LogP contribution is -2.27. The van der Waals surface area contributed by atoms with Gasteiger partial charge in [-0.2, -0.15) is 0 Å². The van der Waals surface area contributed by atoms with Crippen LogP contribution in [0.15, 0.2) is 47.4 Å². The molecule has 0 spiro atoms. The zero-order valence-corrected chi connectivity index (χ0v) is 15.4. The number of benzene rings is 2. The molecular weight excluding hydrogens is 397 g/mol. The summed E-state index contributed by atoms with van der Waals surface area (Å²) in [6.07, 6.45) is 1.56. The minimum absolute atomic E-state index is 0.0941. The molecule has 1 fully saturated rings. The van der Waals surface area contributed by atoms with Crippen LogP contribution in [0.25, 0.3) is 6.08 Å². The van der Waals surface area contributed by atoms with E-state index in [9.17, 15) is 14.4 Å². The first-order valence-electron chi connectivity index (χ1n) is 7.38. The van der Waals surface area contributed by atoms with Gasteiger partial charge in [0.15, 0.2) is 0 Å². The number of carboxylic acids is 1. The molecule has 1 aliphatic rings. The first kappa shape index (κ1) is 18.5. The molecule has 8 heteroatoms. The second-order valence-corrected chi connectivity index (χ2v) is 7.25. The fourth-order valence-corrected chi connectivity index (χ4v) is 3.49. The average Bonchev–Trinajstić information content (AvgIpc) is 2.86. The van der Waals surface area contributed by atoms with Crippen LogP contribution in [0, 0.1) is 0 Å². The maximum absolute atomic E-state index is 12.5. The van der Waals surface area contributed by atoms with E-state index in [4.69, 9.17) is 28.3 Å². The van der Waals surface area contributed by atoms with Gasteiger partial charge in [-0.05, 0) is 53.2 Å². The summed E-state index contributed by atoms with van der Waals surface area (Å²) >= 11 is 12.7. The number of aromatic carboxylic acids is 1. The van der Waals surface area contributed by atoms with E-state index in [0.717, 1.165) is 16.7 Å². The predicted molar refractivity (Wildman–Crippen MR) is 101 cm³/mol. The van der Waals surface area contributed by atoms with Gasteiger partial charge in [-0.25, -0.2) is 4.79 Å². The second-order valence-electron chi connectivity index (χ2n) is 5.44. The number of hydrogen-bond acceptors (Lipinski definition) is 4. The lowest BCUT2D eigenvalue weighted by molar-refractivity contribution is -0.123. The van der Waals surface area contributed by atoms with Crippen molar-refractivity contribution in [3.8, 4) is 0 Å². The number of nitrogens with zero attached hydrogens (tertiary/aromatic N) is 1. The molecule has 0 unspecified atom stereocenters. The number of carbonyl (C=O) groups is 3. The summed E-state index contributed by atoms with van der Waals surface area (Å²) in [5, 5.41) is 9.27. The number of carboxylic acid groups (broad SMARTS) is 1. The van der Waals surface area contributed by atoms with Crippen LogP contribution in [-0.2, 0) is 11.3 Å². The molecule has 0 saturated carbocycles. The quantitative estimate of drug-likeness (QED) is 0.727. The zero-order chi connectivity index (χ0) is 18.8. The van der Waals surface area contributed by atoms with Crippen molar-refractivity contribution in [2.75, 3.05) is 0 Å². The Kier molecular flexibility index (Phi) is 5.36. The lowest BCUT2D eigenvalue weighted by Gasteiger charge is -2.12. The van der Waals surface area contributed by atoms with E-state index in [1.165, 1.54) is 12.1 Å². The van der Waals surface area contributed by atoms with Crippen molar-refractivity contribution in [2.24, 2.45) is 0 Å². The van der Waals surface area contributed by atoms with Crippen LogP contribution in [0.5, 0.6) is 0 Å². The van der Waals surface area contributed by atoms with Crippen LogP contribution in [0.1, 0.15) is 21.5 Å². The van der Waals surface area contributed by atoms with Crippen molar-refractivity contribution < 1.29 is 19.5 Å². The number of rotatable bonds is 4. The molecular formula is C18H11Cl2NO4S. The van der Waals surface area contributed by atoms with Crippen molar-refractivity contribution in [2.45, 2.75) is 6.54 Å². The Bertz CT molecular complexity index is 941. The van der Waals surface area contributed by atoms with Gasteiger partial charge in [-0.3, -0.25) is 14.5 Å². The summed E-state index contributed by atoms with van der Waals surface area (Å²) in [6, 6.07) is 11.0. The molecule has 1 saturated heterocycles. The summed E-state index contributed by atoms with van der Waals surface area (Å²) in [5.74, 6) is -1.44. The fourth-order valence-electron chi connectivity index (χ4n) is 2.33. The SMILES string of the molecule is O=C(O)c1ccc(/C=C2/SC(=O)N(Cc3ccc(Cl)c(Cl)c3)C2=O)cc1. The number of halogens is 2. The fraction of sp³-hybridized carbons (Fsp3) is 0.0556. The molecule has 0 bridgehead atoms. The van der Waals surface area contributed by atoms with E-state index in [1.807, 2.05) is 0 Å². The molecule has 2 aromatic carbocycles. The van der Waals surface area contributed by atoms with Crippen molar-refractivity contribution in [3.63, 3.8) is 0 Å². The smallest absolute Gasteiger partial charge is 0.335 e. The third-order valence-corrected chi connectivity index (χ3v) is 5.30. The van der Waals surface area contributed by atoms with Crippen LogP contribution in [-0.4, -0.2) is 27.1 Å². The highest BCUT2D eigenvalue weighted by molar-refractivity contribution is 8.18. The minimum atomic E-state index is -1.03. The highest BCUT2D eigenvalue weighted by Crippen LogP contribution is 2.34. The first-order chi connectivity index (χ1) is 12.3. The molecule has 0 atom stereocenters.